The Morgan fingerprint density at radius 2 is 1.45 bits per heavy atom. The quantitative estimate of drug-likeness (QED) is 0.541. The predicted octanol–water partition coefficient (Wildman–Crippen LogP) is 5.03. The molecule has 3 aromatic carbocycles. The molecule has 0 radical (unpaired) electrons. The lowest BCUT2D eigenvalue weighted by atomic mass is 10.0. The Hall–Kier alpha value is -2.47. The van der Waals surface area contributed by atoms with Crippen LogP contribution in [0.15, 0.2) is 83.8 Å². The average Bonchev–Trinajstić information content (AvgIpc) is 3.35. The summed E-state index contributed by atoms with van der Waals surface area (Å²) in [6.45, 7) is 4.53. The highest BCUT2D eigenvalue weighted by atomic mass is 32.2. The third-order valence-corrected chi connectivity index (χ3v) is 7.53. The predicted molar refractivity (Wildman–Crippen MR) is 126 cm³/mol. The third kappa shape index (κ3) is 5.24. The highest BCUT2D eigenvalue weighted by Crippen LogP contribution is 2.26. The van der Waals surface area contributed by atoms with E-state index in [0.717, 1.165) is 43.5 Å². The van der Waals surface area contributed by atoms with E-state index in [9.17, 15) is 8.42 Å². The van der Waals surface area contributed by atoms with Gasteiger partial charge in [-0.05, 0) is 66.7 Å². The maximum Gasteiger partial charge on any atom is 0.240 e. The van der Waals surface area contributed by atoms with E-state index >= 15 is 0 Å². The second-order valence-corrected chi connectivity index (χ2v) is 9.86. The highest BCUT2D eigenvalue weighted by Gasteiger charge is 2.25. The molecule has 1 heterocycles. The minimum atomic E-state index is -3.58. The Morgan fingerprint density at radius 1 is 0.839 bits per heavy atom. The van der Waals surface area contributed by atoms with Gasteiger partial charge in [0.25, 0.3) is 0 Å². The number of aryl methyl sites for hydroxylation is 1. The van der Waals surface area contributed by atoms with Gasteiger partial charge in [-0.1, -0.05) is 73.7 Å². The number of nitrogens with zero attached hydrogens (tertiary/aromatic N) is 1. The van der Waals surface area contributed by atoms with E-state index in [1.807, 2.05) is 42.5 Å². The van der Waals surface area contributed by atoms with Crippen LogP contribution in [0.5, 0.6) is 0 Å². The molecular weight excluding hydrogens is 404 g/mol. The average molecular weight is 435 g/mol. The van der Waals surface area contributed by atoms with E-state index in [4.69, 9.17) is 0 Å². The van der Waals surface area contributed by atoms with Crippen molar-refractivity contribution in [2.45, 2.75) is 37.1 Å². The summed E-state index contributed by atoms with van der Waals surface area (Å²) in [5.41, 5.74) is 4.54. The van der Waals surface area contributed by atoms with E-state index < -0.39 is 10.0 Å². The van der Waals surface area contributed by atoms with Crippen LogP contribution in [0.1, 0.15) is 36.9 Å². The molecule has 0 aromatic heterocycles. The number of benzene rings is 3. The highest BCUT2D eigenvalue weighted by molar-refractivity contribution is 7.89. The van der Waals surface area contributed by atoms with Gasteiger partial charge >= 0.3 is 0 Å². The van der Waals surface area contributed by atoms with Crippen molar-refractivity contribution in [3.8, 4) is 11.1 Å². The van der Waals surface area contributed by atoms with Crippen LogP contribution in [0.4, 0.5) is 0 Å². The number of hydrogen-bond donors (Lipinski definition) is 1. The zero-order valence-corrected chi connectivity index (χ0v) is 18.8. The first kappa shape index (κ1) is 21.8. The van der Waals surface area contributed by atoms with E-state index in [1.165, 1.54) is 11.1 Å². The monoisotopic (exact) mass is 434 g/mol. The maximum absolute atomic E-state index is 13.0. The molecule has 0 spiro atoms. The van der Waals surface area contributed by atoms with Crippen LogP contribution in [-0.2, 0) is 16.4 Å². The van der Waals surface area contributed by atoms with Crippen molar-refractivity contribution in [1.82, 2.24) is 9.62 Å². The molecule has 4 nitrogen and oxygen atoms in total. The topological polar surface area (TPSA) is 49.4 Å². The fraction of sp³-hybridized carbons (Fsp3) is 0.308. The van der Waals surface area contributed by atoms with Crippen LogP contribution in [0, 0.1) is 0 Å². The number of hydrogen-bond acceptors (Lipinski definition) is 3. The second kappa shape index (κ2) is 9.77. The number of likely N-dealkylation sites (tertiary alicyclic amines) is 1. The maximum atomic E-state index is 13.0. The minimum Gasteiger partial charge on any atom is -0.295 e. The van der Waals surface area contributed by atoms with Gasteiger partial charge in [-0.25, -0.2) is 13.1 Å². The van der Waals surface area contributed by atoms with Crippen molar-refractivity contribution < 1.29 is 8.42 Å². The Bertz CT molecular complexity index is 1070. The van der Waals surface area contributed by atoms with Gasteiger partial charge in [0.2, 0.25) is 10.0 Å². The molecule has 0 amide bonds. The van der Waals surface area contributed by atoms with Gasteiger partial charge in [0, 0.05) is 12.6 Å². The molecule has 1 N–H and O–H groups in total. The minimum absolute atomic E-state index is 0.0479. The van der Waals surface area contributed by atoms with Gasteiger partial charge < -0.3 is 0 Å². The van der Waals surface area contributed by atoms with Crippen molar-refractivity contribution in [1.29, 1.82) is 0 Å². The molecule has 1 aliphatic heterocycles. The Balaban J connectivity index is 1.50. The largest absolute Gasteiger partial charge is 0.295 e. The van der Waals surface area contributed by atoms with Crippen LogP contribution < -0.4 is 4.72 Å². The third-order valence-electron chi connectivity index (χ3n) is 6.09. The molecule has 5 heteroatoms. The zero-order chi connectivity index (χ0) is 21.7. The lowest BCUT2D eigenvalue weighted by molar-refractivity contribution is 0.246. The van der Waals surface area contributed by atoms with Crippen LogP contribution in [0.25, 0.3) is 11.1 Å². The molecule has 162 valence electrons. The SMILES string of the molecule is CCc1ccc([C@H](CNS(=O)(=O)c2ccc(-c3ccccc3)cc2)N2CCCC2)cc1. The molecule has 0 bridgehead atoms. The lowest BCUT2D eigenvalue weighted by Crippen LogP contribution is -2.36. The number of nitrogens with one attached hydrogen (secondary N) is 1. The first-order chi connectivity index (χ1) is 15.1. The van der Waals surface area contributed by atoms with E-state index in [2.05, 4.69) is 40.8 Å². The smallest absolute Gasteiger partial charge is 0.240 e. The molecule has 4 rings (SSSR count). The number of sulfonamides is 1. The van der Waals surface area contributed by atoms with Crippen LogP contribution in [-0.4, -0.2) is 33.0 Å². The van der Waals surface area contributed by atoms with Gasteiger partial charge in [-0.15, -0.1) is 0 Å². The van der Waals surface area contributed by atoms with Gasteiger partial charge in [0.1, 0.15) is 0 Å². The van der Waals surface area contributed by atoms with E-state index in [-0.39, 0.29) is 6.04 Å². The van der Waals surface area contributed by atoms with Crippen molar-refractivity contribution in [3.63, 3.8) is 0 Å². The summed E-state index contributed by atoms with van der Waals surface area (Å²) in [5, 5.41) is 0. The van der Waals surface area contributed by atoms with Gasteiger partial charge in [0.15, 0.2) is 0 Å². The Morgan fingerprint density at radius 3 is 2.06 bits per heavy atom. The molecule has 0 unspecified atom stereocenters. The molecular formula is C26H30N2O2S. The molecule has 31 heavy (non-hydrogen) atoms. The first-order valence-corrected chi connectivity index (χ1v) is 12.5. The lowest BCUT2D eigenvalue weighted by Gasteiger charge is -2.28. The van der Waals surface area contributed by atoms with Crippen molar-refractivity contribution in [2.75, 3.05) is 19.6 Å². The van der Waals surface area contributed by atoms with E-state index in [0.29, 0.717) is 11.4 Å². The second-order valence-electron chi connectivity index (χ2n) is 8.10. The molecule has 3 aromatic rings. The van der Waals surface area contributed by atoms with Crippen LogP contribution in [0.3, 0.4) is 0 Å². The van der Waals surface area contributed by atoms with Crippen LogP contribution in [0.2, 0.25) is 0 Å². The summed E-state index contributed by atoms with van der Waals surface area (Å²) in [6, 6.07) is 25.7. The van der Waals surface area contributed by atoms with E-state index in [1.54, 1.807) is 12.1 Å². The van der Waals surface area contributed by atoms with Crippen LogP contribution >= 0.6 is 0 Å². The van der Waals surface area contributed by atoms with Crippen molar-refractivity contribution >= 4 is 10.0 Å². The fourth-order valence-electron chi connectivity index (χ4n) is 4.22. The molecule has 1 aliphatic rings. The summed E-state index contributed by atoms with van der Waals surface area (Å²) in [6.07, 6.45) is 3.33. The summed E-state index contributed by atoms with van der Waals surface area (Å²) in [7, 11) is -3.58. The van der Waals surface area contributed by atoms with Gasteiger partial charge in [-0.3, -0.25) is 4.90 Å². The molecule has 0 aliphatic carbocycles. The molecule has 1 fully saturated rings. The summed E-state index contributed by atoms with van der Waals surface area (Å²) < 4.78 is 28.9. The number of rotatable bonds is 8. The van der Waals surface area contributed by atoms with Gasteiger partial charge in [-0.2, -0.15) is 0 Å². The zero-order valence-electron chi connectivity index (χ0n) is 18.0. The Kier molecular flexibility index (Phi) is 6.86. The Labute approximate surface area is 186 Å². The summed E-state index contributed by atoms with van der Waals surface area (Å²) >= 11 is 0. The summed E-state index contributed by atoms with van der Waals surface area (Å²) in [4.78, 5) is 2.69. The first-order valence-electron chi connectivity index (χ1n) is 11.0. The van der Waals surface area contributed by atoms with Crippen molar-refractivity contribution in [2.24, 2.45) is 0 Å². The van der Waals surface area contributed by atoms with Gasteiger partial charge in [0.05, 0.1) is 4.90 Å². The molecule has 0 saturated carbocycles. The fourth-order valence-corrected chi connectivity index (χ4v) is 5.25. The molecule has 1 saturated heterocycles. The molecule has 1 atom stereocenters. The van der Waals surface area contributed by atoms with Crippen molar-refractivity contribution in [3.05, 3.63) is 90.0 Å². The summed E-state index contributed by atoms with van der Waals surface area (Å²) in [5.74, 6) is 0. The standard InChI is InChI=1S/C26H30N2O2S/c1-2-21-10-12-24(13-11-21)26(28-18-6-7-19-28)20-27-31(29,30)25-16-14-23(15-17-25)22-8-4-3-5-9-22/h3-5,8-17,26-27H,2,6-7,18-20H2,1H3/t26-/m0/s1. The normalized spacial score (nSPS) is 15.8.